The number of carbonyl (C=O) groups is 2. The van der Waals surface area contributed by atoms with E-state index in [-0.39, 0.29) is 17.7 Å². The molecule has 2 aliphatic rings. The van der Waals surface area contributed by atoms with Crippen molar-refractivity contribution >= 4 is 17.5 Å². The number of hydrogen-bond donors (Lipinski definition) is 2. The number of amides is 2. The third-order valence-electron chi connectivity index (χ3n) is 6.28. The lowest BCUT2D eigenvalue weighted by Crippen LogP contribution is -2.48. The summed E-state index contributed by atoms with van der Waals surface area (Å²) in [5.74, 6) is 0.410. The summed E-state index contributed by atoms with van der Waals surface area (Å²) in [6, 6.07) is 13.8. The number of rotatable bonds is 6. The van der Waals surface area contributed by atoms with Gasteiger partial charge in [-0.25, -0.2) is 0 Å². The van der Waals surface area contributed by atoms with Crippen molar-refractivity contribution in [2.45, 2.75) is 37.5 Å². The van der Waals surface area contributed by atoms with Crippen molar-refractivity contribution in [3.05, 3.63) is 59.2 Å². The fourth-order valence-electron chi connectivity index (χ4n) is 4.53. The van der Waals surface area contributed by atoms with Crippen LogP contribution in [0.4, 0.5) is 5.69 Å². The smallest absolute Gasteiger partial charge is 0.232 e. The minimum absolute atomic E-state index is 0.0145. The highest BCUT2D eigenvalue weighted by Gasteiger charge is 2.41. The molecule has 1 atom stereocenters. The van der Waals surface area contributed by atoms with Crippen LogP contribution in [0.15, 0.2) is 42.5 Å². The first kappa shape index (κ1) is 20.4. The zero-order valence-corrected chi connectivity index (χ0v) is 17.5. The number of methoxy groups -OCH3 is 1. The van der Waals surface area contributed by atoms with E-state index in [4.69, 9.17) is 9.47 Å². The lowest BCUT2D eigenvalue weighted by Gasteiger charge is -2.36. The van der Waals surface area contributed by atoms with Gasteiger partial charge < -0.3 is 20.1 Å². The van der Waals surface area contributed by atoms with Crippen molar-refractivity contribution in [3.63, 3.8) is 0 Å². The van der Waals surface area contributed by atoms with E-state index in [9.17, 15) is 9.59 Å². The number of nitrogens with one attached hydrogen (secondary N) is 2. The molecular weight excluding hydrogens is 380 g/mol. The van der Waals surface area contributed by atoms with E-state index in [2.05, 4.69) is 16.7 Å². The van der Waals surface area contributed by atoms with Crippen LogP contribution in [0.25, 0.3) is 0 Å². The topological polar surface area (TPSA) is 76.7 Å². The molecule has 0 aliphatic carbocycles. The Balaban J connectivity index is 1.47. The molecule has 6 nitrogen and oxygen atoms in total. The van der Waals surface area contributed by atoms with Crippen molar-refractivity contribution in [2.24, 2.45) is 0 Å². The maximum Gasteiger partial charge on any atom is 0.232 e. The highest BCUT2D eigenvalue weighted by molar-refractivity contribution is 6.03. The predicted octanol–water partition coefficient (Wildman–Crippen LogP) is 3.29. The molecule has 6 heteroatoms. The molecule has 0 spiro atoms. The monoisotopic (exact) mass is 408 g/mol. The van der Waals surface area contributed by atoms with Crippen LogP contribution < -0.4 is 15.4 Å². The van der Waals surface area contributed by atoms with Gasteiger partial charge in [0.25, 0.3) is 0 Å². The summed E-state index contributed by atoms with van der Waals surface area (Å²) >= 11 is 0. The molecule has 2 heterocycles. The van der Waals surface area contributed by atoms with Gasteiger partial charge in [0.2, 0.25) is 11.8 Å². The van der Waals surface area contributed by atoms with Crippen molar-refractivity contribution in [1.29, 1.82) is 0 Å². The maximum absolute atomic E-state index is 13.3. The molecule has 1 saturated heterocycles. The molecule has 30 heavy (non-hydrogen) atoms. The van der Waals surface area contributed by atoms with Gasteiger partial charge in [-0.3, -0.25) is 9.59 Å². The maximum atomic E-state index is 13.3. The number of anilines is 1. The molecule has 0 radical (unpaired) electrons. The standard InChI is InChI=1S/C24H28N2O4/c1-16-4-3-5-17(14-16)24(9-12-30-13-10-24)23(28)25-11-8-19-20-15-18(29-2)6-7-21(20)26-22(19)27/h3-7,14-15,19H,8-13H2,1-2H3,(H,25,28)(H,26,27). The molecule has 1 fully saturated rings. The van der Waals surface area contributed by atoms with Gasteiger partial charge in [-0.1, -0.05) is 29.8 Å². The summed E-state index contributed by atoms with van der Waals surface area (Å²) in [5.41, 5.74) is 3.34. The van der Waals surface area contributed by atoms with Crippen molar-refractivity contribution in [1.82, 2.24) is 5.32 Å². The van der Waals surface area contributed by atoms with Crippen LogP contribution in [0.5, 0.6) is 5.75 Å². The van der Waals surface area contributed by atoms with Gasteiger partial charge in [0.1, 0.15) is 5.75 Å². The van der Waals surface area contributed by atoms with Crippen LogP contribution in [0, 0.1) is 6.92 Å². The van der Waals surface area contributed by atoms with Crippen molar-refractivity contribution in [3.8, 4) is 5.75 Å². The zero-order valence-electron chi connectivity index (χ0n) is 17.5. The number of aryl methyl sites for hydroxylation is 1. The summed E-state index contributed by atoms with van der Waals surface area (Å²) in [5, 5.41) is 6.03. The predicted molar refractivity (Wildman–Crippen MR) is 115 cm³/mol. The van der Waals surface area contributed by atoms with Gasteiger partial charge in [-0.15, -0.1) is 0 Å². The molecule has 158 valence electrons. The van der Waals surface area contributed by atoms with Gasteiger partial charge >= 0.3 is 0 Å². The summed E-state index contributed by atoms with van der Waals surface area (Å²) in [6.07, 6.45) is 1.86. The molecule has 2 aromatic carbocycles. The zero-order chi connectivity index (χ0) is 21.1. The van der Waals surface area contributed by atoms with Gasteiger partial charge in [0, 0.05) is 25.4 Å². The lowest BCUT2D eigenvalue weighted by molar-refractivity contribution is -0.130. The molecule has 2 N–H and O–H groups in total. The average Bonchev–Trinajstić information content (AvgIpc) is 3.08. The first-order valence-corrected chi connectivity index (χ1v) is 10.5. The van der Waals surface area contributed by atoms with Crippen molar-refractivity contribution < 1.29 is 19.1 Å². The van der Waals surface area contributed by atoms with E-state index in [1.165, 1.54) is 0 Å². The second-order valence-corrected chi connectivity index (χ2v) is 8.10. The molecule has 0 saturated carbocycles. The van der Waals surface area contributed by atoms with Crippen LogP contribution in [0.3, 0.4) is 0 Å². The Labute approximate surface area is 177 Å². The summed E-state index contributed by atoms with van der Waals surface area (Å²) in [7, 11) is 1.61. The average molecular weight is 408 g/mol. The Bertz CT molecular complexity index is 950. The van der Waals surface area contributed by atoms with Gasteiger partial charge in [0.15, 0.2) is 0 Å². The molecule has 2 amide bonds. The third-order valence-corrected chi connectivity index (χ3v) is 6.28. The Morgan fingerprint density at radius 2 is 2.03 bits per heavy atom. The van der Waals surface area contributed by atoms with Crippen LogP contribution in [-0.4, -0.2) is 38.7 Å². The fourth-order valence-corrected chi connectivity index (χ4v) is 4.53. The summed E-state index contributed by atoms with van der Waals surface area (Å²) < 4.78 is 10.8. The Kier molecular flexibility index (Phi) is 5.77. The van der Waals surface area contributed by atoms with E-state index < -0.39 is 5.41 Å². The van der Waals surface area contributed by atoms with Crippen LogP contribution in [-0.2, 0) is 19.7 Å². The second kappa shape index (κ2) is 8.48. The number of fused-ring (bicyclic) bond motifs is 1. The molecule has 2 aromatic rings. The van der Waals surface area contributed by atoms with Gasteiger partial charge in [-0.2, -0.15) is 0 Å². The van der Waals surface area contributed by atoms with Gasteiger partial charge in [0.05, 0.1) is 18.4 Å². The molecule has 0 aromatic heterocycles. The molecule has 4 rings (SSSR count). The molecule has 1 unspecified atom stereocenters. The van der Waals surface area contributed by atoms with E-state index in [1.807, 2.05) is 43.3 Å². The van der Waals surface area contributed by atoms with E-state index in [1.54, 1.807) is 7.11 Å². The normalized spacial score (nSPS) is 19.7. The SMILES string of the molecule is COc1ccc2c(c1)C(CCNC(=O)C1(c3cccc(C)c3)CCOCC1)C(=O)N2. The molecular formula is C24H28N2O4. The van der Waals surface area contributed by atoms with E-state index in [0.29, 0.717) is 39.0 Å². The first-order chi connectivity index (χ1) is 14.5. The highest BCUT2D eigenvalue weighted by atomic mass is 16.5. The Hall–Kier alpha value is -2.86. The minimum Gasteiger partial charge on any atom is -0.497 e. The van der Waals surface area contributed by atoms with Crippen LogP contribution in [0.2, 0.25) is 0 Å². The summed E-state index contributed by atoms with van der Waals surface area (Å²) in [6.45, 7) is 3.61. The highest BCUT2D eigenvalue weighted by Crippen LogP contribution is 2.38. The molecule has 0 bridgehead atoms. The van der Waals surface area contributed by atoms with Crippen LogP contribution >= 0.6 is 0 Å². The number of ether oxygens (including phenoxy) is 2. The van der Waals surface area contributed by atoms with Gasteiger partial charge in [-0.05, 0) is 55.5 Å². The molecule has 2 aliphatic heterocycles. The Morgan fingerprint density at radius 3 is 2.77 bits per heavy atom. The third kappa shape index (κ3) is 3.79. The second-order valence-electron chi connectivity index (χ2n) is 8.10. The number of benzene rings is 2. The lowest BCUT2D eigenvalue weighted by atomic mass is 9.73. The summed E-state index contributed by atoms with van der Waals surface area (Å²) in [4.78, 5) is 25.8. The fraction of sp³-hybridized carbons (Fsp3) is 0.417. The minimum atomic E-state index is -0.580. The quantitative estimate of drug-likeness (QED) is 0.769. The van der Waals surface area contributed by atoms with E-state index in [0.717, 1.165) is 28.1 Å². The number of hydrogen-bond acceptors (Lipinski definition) is 4. The number of carbonyl (C=O) groups excluding carboxylic acids is 2. The largest absolute Gasteiger partial charge is 0.497 e. The van der Waals surface area contributed by atoms with Crippen molar-refractivity contribution in [2.75, 3.05) is 32.2 Å². The Morgan fingerprint density at radius 1 is 1.23 bits per heavy atom. The van der Waals surface area contributed by atoms with Crippen LogP contribution in [0.1, 0.15) is 41.9 Å². The first-order valence-electron chi connectivity index (χ1n) is 10.5. The van der Waals surface area contributed by atoms with E-state index >= 15 is 0 Å².